The van der Waals surface area contributed by atoms with Gasteiger partial charge in [0, 0.05) is 18.0 Å². The monoisotopic (exact) mass is 476 g/mol. The second-order valence-corrected chi connectivity index (χ2v) is 10.2. The number of carbonyl (C=O) groups is 3. The van der Waals surface area contributed by atoms with Gasteiger partial charge in [-0.2, -0.15) is 0 Å². The van der Waals surface area contributed by atoms with Crippen molar-refractivity contribution in [3.05, 3.63) is 59.7 Å². The number of carbonyl (C=O) groups excluding carboxylic acids is 2. The molecule has 7 heteroatoms. The minimum Gasteiger partial charge on any atom is -0.481 e. The molecule has 2 aromatic carbocycles. The summed E-state index contributed by atoms with van der Waals surface area (Å²) in [5.41, 5.74) is 3.41. The highest BCUT2D eigenvalue weighted by Crippen LogP contribution is 2.45. The number of benzene rings is 2. The summed E-state index contributed by atoms with van der Waals surface area (Å²) < 4.78 is 5.71. The zero-order chi connectivity index (χ0) is 24.7. The summed E-state index contributed by atoms with van der Waals surface area (Å²) in [6.45, 7) is 3.86. The lowest BCUT2D eigenvalue weighted by Gasteiger charge is -2.35. The number of hydrogen-bond donors (Lipinski definition) is 2. The zero-order valence-corrected chi connectivity index (χ0v) is 20.2. The van der Waals surface area contributed by atoms with Crippen LogP contribution in [0.2, 0.25) is 0 Å². The standard InChI is InChI=1S/C28H32N2O5/c1-3-14-28(2,26(33)30-17-12-13-24(30)22(15-17)25(31)32)29-27(34)35-16-23-20-10-6-4-8-18(20)19-9-5-7-11-21(19)23/h4-11,17,22-24H,3,12-16H2,1-2H3,(H,29,34)(H,31,32)/t17-,22+,24+,28?/m1/s1. The fraction of sp³-hybridized carbons (Fsp3) is 0.464. The highest BCUT2D eigenvalue weighted by molar-refractivity contribution is 5.91. The molecule has 0 aromatic heterocycles. The van der Waals surface area contributed by atoms with Gasteiger partial charge in [-0.3, -0.25) is 9.59 Å². The Morgan fingerprint density at radius 1 is 1.06 bits per heavy atom. The predicted octanol–water partition coefficient (Wildman–Crippen LogP) is 4.55. The first-order valence-corrected chi connectivity index (χ1v) is 12.5. The summed E-state index contributed by atoms with van der Waals surface area (Å²) in [5.74, 6) is -1.65. The molecule has 1 aliphatic carbocycles. The van der Waals surface area contributed by atoms with Crippen LogP contribution >= 0.6 is 0 Å². The molecule has 184 valence electrons. The smallest absolute Gasteiger partial charge is 0.408 e. The van der Waals surface area contributed by atoms with E-state index in [1.165, 1.54) is 0 Å². The molecule has 2 fully saturated rings. The van der Waals surface area contributed by atoms with Crippen LogP contribution in [0.25, 0.3) is 11.1 Å². The molecule has 2 aliphatic heterocycles. The van der Waals surface area contributed by atoms with E-state index in [0.29, 0.717) is 25.7 Å². The Kier molecular flexibility index (Phi) is 6.03. The van der Waals surface area contributed by atoms with Crippen LogP contribution in [-0.2, 0) is 14.3 Å². The van der Waals surface area contributed by atoms with Crippen LogP contribution in [0.4, 0.5) is 4.79 Å². The average molecular weight is 477 g/mol. The summed E-state index contributed by atoms with van der Waals surface area (Å²) in [7, 11) is 0. The van der Waals surface area contributed by atoms with Gasteiger partial charge in [-0.1, -0.05) is 61.9 Å². The number of rotatable bonds is 7. The fourth-order valence-electron chi connectivity index (χ4n) is 6.44. The van der Waals surface area contributed by atoms with Gasteiger partial charge in [-0.15, -0.1) is 0 Å². The molecule has 2 aromatic rings. The second-order valence-electron chi connectivity index (χ2n) is 10.2. The number of ether oxygens (including phenoxy) is 1. The summed E-state index contributed by atoms with van der Waals surface area (Å²) in [5, 5.41) is 12.4. The van der Waals surface area contributed by atoms with Crippen molar-refractivity contribution in [3.8, 4) is 11.1 Å². The Balaban J connectivity index is 1.29. The van der Waals surface area contributed by atoms with Crippen LogP contribution < -0.4 is 5.32 Å². The molecule has 0 saturated carbocycles. The lowest BCUT2D eigenvalue weighted by molar-refractivity contribution is -0.144. The first kappa shape index (κ1) is 23.4. The van der Waals surface area contributed by atoms with Crippen LogP contribution in [-0.4, -0.2) is 52.2 Å². The third-order valence-corrected chi connectivity index (χ3v) is 8.03. The third kappa shape index (κ3) is 3.97. The quantitative estimate of drug-likeness (QED) is 0.611. The number of nitrogens with one attached hydrogen (secondary N) is 1. The van der Waals surface area contributed by atoms with Gasteiger partial charge in [0.2, 0.25) is 5.91 Å². The molecular formula is C28H32N2O5. The average Bonchev–Trinajstić information content (AvgIpc) is 3.52. The van der Waals surface area contributed by atoms with E-state index in [2.05, 4.69) is 29.6 Å². The highest BCUT2D eigenvalue weighted by Gasteiger charge is 2.54. The molecule has 2 saturated heterocycles. The molecule has 5 rings (SSSR count). The summed E-state index contributed by atoms with van der Waals surface area (Å²) in [6.07, 6.45) is 2.51. The minimum absolute atomic E-state index is 0.0629. The largest absolute Gasteiger partial charge is 0.481 e. The maximum absolute atomic E-state index is 13.7. The normalized spacial score (nSPS) is 23.9. The van der Waals surface area contributed by atoms with Gasteiger partial charge in [0.1, 0.15) is 12.1 Å². The molecule has 4 atom stereocenters. The second kappa shape index (κ2) is 9.02. The number of nitrogens with zero attached hydrogens (tertiary/aromatic N) is 1. The number of amides is 2. The Morgan fingerprint density at radius 2 is 1.69 bits per heavy atom. The number of carboxylic acid groups (broad SMARTS) is 1. The van der Waals surface area contributed by atoms with Gasteiger partial charge in [0.25, 0.3) is 0 Å². The first-order chi connectivity index (χ1) is 16.8. The molecule has 2 N–H and O–H groups in total. The van der Waals surface area contributed by atoms with E-state index >= 15 is 0 Å². The van der Waals surface area contributed by atoms with Crippen LogP contribution in [0.3, 0.4) is 0 Å². The number of aliphatic carboxylic acids is 1. The molecular weight excluding hydrogens is 444 g/mol. The first-order valence-electron chi connectivity index (χ1n) is 12.5. The van der Waals surface area contributed by atoms with E-state index in [4.69, 9.17) is 4.74 Å². The Hall–Kier alpha value is -3.35. The minimum atomic E-state index is -1.15. The van der Waals surface area contributed by atoms with Crippen molar-refractivity contribution in [3.63, 3.8) is 0 Å². The molecule has 2 amide bonds. The van der Waals surface area contributed by atoms with Gasteiger partial charge >= 0.3 is 12.1 Å². The van der Waals surface area contributed by atoms with Crippen LogP contribution in [0.5, 0.6) is 0 Å². The molecule has 35 heavy (non-hydrogen) atoms. The third-order valence-electron chi connectivity index (χ3n) is 8.03. The van der Waals surface area contributed by atoms with Gasteiger partial charge in [-0.25, -0.2) is 4.79 Å². The maximum atomic E-state index is 13.7. The Bertz CT molecular complexity index is 1120. The van der Waals surface area contributed by atoms with Crippen LogP contribution in [0, 0.1) is 5.92 Å². The topological polar surface area (TPSA) is 95.9 Å². The van der Waals surface area contributed by atoms with Gasteiger partial charge in [-0.05, 0) is 54.9 Å². The van der Waals surface area contributed by atoms with Crippen molar-refractivity contribution in [1.29, 1.82) is 0 Å². The van der Waals surface area contributed by atoms with Crippen molar-refractivity contribution in [1.82, 2.24) is 10.2 Å². The molecule has 0 radical (unpaired) electrons. The van der Waals surface area contributed by atoms with Crippen molar-refractivity contribution in [2.75, 3.05) is 6.61 Å². The number of fused-ring (bicyclic) bond motifs is 5. The van der Waals surface area contributed by atoms with E-state index in [-0.39, 0.29) is 30.5 Å². The van der Waals surface area contributed by atoms with E-state index in [0.717, 1.165) is 28.7 Å². The van der Waals surface area contributed by atoms with E-state index in [9.17, 15) is 19.5 Å². The molecule has 3 aliphatic rings. The lowest BCUT2D eigenvalue weighted by atomic mass is 9.89. The van der Waals surface area contributed by atoms with E-state index < -0.39 is 23.5 Å². The predicted molar refractivity (Wildman–Crippen MR) is 131 cm³/mol. The van der Waals surface area contributed by atoms with Gasteiger partial charge < -0.3 is 20.1 Å². The van der Waals surface area contributed by atoms with Crippen LogP contribution in [0.15, 0.2) is 48.5 Å². The number of alkyl carbamates (subject to hydrolysis) is 1. The summed E-state index contributed by atoms with van der Waals surface area (Å²) >= 11 is 0. The Morgan fingerprint density at radius 3 is 2.26 bits per heavy atom. The van der Waals surface area contributed by atoms with Crippen molar-refractivity contribution < 1.29 is 24.2 Å². The lowest BCUT2D eigenvalue weighted by Crippen LogP contribution is -2.59. The number of carboxylic acids is 1. The summed E-state index contributed by atoms with van der Waals surface area (Å²) in [4.78, 5) is 40.1. The van der Waals surface area contributed by atoms with Crippen molar-refractivity contribution in [2.24, 2.45) is 5.92 Å². The van der Waals surface area contributed by atoms with E-state index in [1.54, 1.807) is 11.8 Å². The molecule has 2 heterocycles. The van der Waals surface area contributed by atoms with Gasteiger partial charge in [0.05, 0.1) is 5.92 Å². The zero-order valence-electron chi connectivity index (χ0n) is 20.2. The molecule has 2 bridgehead atoms. The Labute approximate surface area is 205 Å². The number of hydrogen-bond acceptors (Lipinski definition) is 4. The highest BCUT2D eigenvalue weighted by atomic mass is 16.5. The molecule has 7 nitrogen and oxygen atoms in total. The maximum Gasteiger partial charge on any atom is 0.408 e. The van der Waals surface area contributed by atoms with Gasteiger partial charge in [0.15, 0.2) is 0 Å². The van der Waals surface area contributed by atoms with Crippen molar-refractivity contribution >= 4 is 18.0 Å². The van der Waals surface area contributed by atoms with Crippen LogP contribution in [0.1, 0.15) is 63.0 Å². The SMILES string of the molecule is CCCC(C)(NC(=O)OCC1c2ccccc2-c2ccccc21)C(=O)N1[C@@H]2CC[C@H]1[C@@H](C(=O)O)C2. The molecule has 0 spiro atoms. The molecule has 1 unspecified atom stereocenters. The van der Waals surface area contributed by atoms with E-state index in [1.807, 2.05) is 31.2 Å². The van der Waals surface area contributed by atoms with Crippen molar-refractivity contribution in [2.45, 2.75) is 69.5 Å². The fourth-order valence-corrected chi connectivity index (χ4v) is 6.44. The summed E-state index contributed by atoms with van der Waals surface area (Å²) in [6, 6.07) is 15.9.